The summed E-state index contributed by atoms with van der Waals surface area (Å²) in [5, 5.41) is 12.0. The van der Waals surface area contributed by atoms with Crippen LogP contribution in [0.3, 0.4) is 0 Å². The molecule has 2 rings (SSSR count). The van der Waals surface area contributed by atoms with Crippen LogP contribution in [-0.2, 0) is 4.74 Å². The predicted molar refractivity (Wildman–Crippen MR) is 69.7 cm³/mol. The lowest BCUT2D eigenvalue weighted by Crippen LogP contribution is -2.29. The minimum atomic E-state index is -1.21. The van der Waals surface area contributed by atoms with E-state index in [9.17, 15) is 14.3 Å². The Hall–Kier alpha value is -1.62. The van der Waals surface area contributed by atoms with E-state index in [1.54, 1.807) is 24.3 Å². The van der Waals surface area contributed by atoms with Crippen molar-refractivity contribution in [3.8, 4) is 0 Å². The Morgan fingerprint density at radius 1 is 1.21 bits per heavy atom. The third kappa shape index (κ3) is 4.21. The van der Waals surface area contributed by atoms with Gasteiger partial charge in [-0.05, 0) is 37.8 Å². The normalized spacial score (nSPS) is 27.4. The molecule has 0 aromatic heterocycles. The number of carbonyl (C=O) groups excluding carboxylic acids is 1. The van der Waals surface area contributed by atoms with E-state index in [1.807, 2.05) is 6.07 Å². The number of hydrogen-bond donors (Lipinski definition) is 2. The zero-order valence-corrected chi connectivity index (χ0v) is 10.6. The van der Waals surface area contributed by atoms with Gasteiger partial charge in [0.25, 0.3) is 0 Å². The number of alkyl halides is 1. The highest BCUT2D eigenvalue weighted by molar-refractivity contribution is 5.84. The number of rotatable bonds is 2. The zero-order valence-electron chi connectivity index (χ0n) is 10.6. The number of benzene rings is 1. The number of halogens is 1. The number of amides is 1. The summed E-state index contributed by atoms with van der Waals surface area (Å²) in [7, 11) is 0. The first-order chi connectivity index (χ1) is 9.15. The second-order valence-electron chi connectivity index (χ2n) is 4.76. The third-order valence-corrected chi connectivity index (χ3v) is 3.24. The average Bonchev–Trinajstić information content (AvgIpc) is 2.55. The maximum Gasteiger partial charge on any atom is 0.411 e. The molecule has 1 aromatic carbocycles. The van der Waals surface area contributed by atoms with Crippen molar-refractivity contribution in [2.45, 2.75) is 44.1 Å². The Bertz CT molecular complexity index is 412. The summed E-state index contributed by atoms with van der Waals surface area (Å²) in [4.78, 5) is 11.7. The lowest BCUT2D eigenvalue weighted by Gasteiger charge is -2.19. The van der Waals surface area contributed by atoms with Crippen molar-refractivity contribution in [3.05, 3.63) is 30.3 Å². The molecule has 1 saturated carbocycles. The van der Waals surface area contributed by atoms with Gasteiger partial charge in [0.2, 0.25) is 0 Å². The molecule has 0 aliphatic heterocycles. The number of nitrogens with one attached hydrogen (secondary N) is 1. The van der Waals surface area contributed by atoms with Gasteiger partial charge in [-0.15, -0.1) is 0 Å². The fourth-order valence-corrected chi connectivity index (χ4v) is 2.16. The summed E-state index contributed by atoms with van der Waals surface area (Å²) < 4.78 is 18.9. The molecular formula is C14H18FNO3. The highest BCUT2D eigenvalue weighted by Crippen LogP contribution is 2.23. The summed E-state index contributed by atoms with van der Waals surface area (Å²) >= 11 is 0. The highest BCUT2D eigenvalue weighted by atomic mass is 19.1. The Balaban J connectivity index is 1.87. The van der Waals surface area contributed by atoms with Crippen molar-refractivity contribution < 1.29 is 19.0 Å². The maximum atomic E-state index is 13.8. The Labute approximate surface area is 111 Å². The molecule has 1 aromatic rings. The number of carbonyl (C=O) groups is 1. The van der Waals surface area contributed by atoms with Gasteiger partial charge in [0, 0.05) is 5.69 Å². The van der Waals surface area contributed by atoms with E-state index in [-0.39, 0.29) is 6.42 Å². The summed E-state index contributed by atoms with van der Waals surface area (Å²) in [5.41, 5.74) is 0.608. The molecule has 1 aliphatic carbocycles. The molecular weight excluding hydrogens is 249 g/mol. The Morgan fingerprint density at radius 3 is 2.63 bits per heavy atom. The molecule has 0 radical (unpaired) electrons. The molecule has 0 heterocycles. The van der Waals surface area contributed by atoms with E-state index >= 15 is 0 Å². The van der Waals surface area contributed by atoms with Crippen molar-refractivity contribution in [3.63, 3.8) is 0 Å². The van der Waals surface area contributed by atoms with Crippen molar-refractivity contribution in [2.24, 2.45) is 0 Å². The Morgan fingerprint density at radius 2 is 1.89 bits per heavy atom. The topological polar surface area (TPSA) is 58.6 Å². The molecule has 1 fully saturated rings. The summed E-state index contributed by atoms with van der Waals surface area (Å²) in [5.74, 6) is 0. The number of hydrogen-bond acceptors (Lipinski definition) is 3. The van der Waals surface area contributed by atoms with Crippen LogP contribution < -0.4 is 5.32 Å². The monoisotopic (exact) mass is 267 g/mol. The largest absolute Gasteiger partial charge is 0.443 e. The van der Waals surface area contributed by atoms with Crippen molar-refractivity contribution in [1.82, 2.24) is 0 Å². The van der Waals surface area contributed by atoms with Gasteiger partial charge in [-0.3, -0.25) is 5.32 Å². The molecule has 4 nitrogen and oxygen atoms in total. The number of anilines is 1. The van der Waals surface area contributed by atoms with Crippen LogP contribution in [0.15, 0.2) is 30.3 Å². The molecule has 3 atom stereocenters. The number of aliphatic hydroxyl groups is 1. The van der Waals surface area contributed by atoms with Gasteiger partial charge in [0.1, 0.15) is 12.3 Å². The molecule has 0 spiro atoms. The molecule has 0 bridgehead atoms. The number of ether oxygens (including phenoxy) is 1. The molecule has 104 valence electrons. The van der Waals surface area contributed by atoms with Gasteiger partial charge in [0.15, 0.2) is 0 Å². The number of aliphatic hydroxyl groups excluding tert-OH is 1. The van der Waals surface area contributed by atoms with Gasteiger partial charge < -0.3 is 9.84 Å². The smallest absolute Gasteiger partial charge is 0.411 e. The first-order valence-electron chi connectivity index (χ1n) is 6.50. The van der Waals surface area contributed by atoms with Gasteiger partial charge in [-0.1, -0.05) is 18.2 Å². The van der Waals surface area contributed by atoms with Gasteiger partial charge in [0.05, 0.1) is 6.10 Å². The van der Waals surface area contributed by atoms with Crippen molar-refractivity contribution in [2.75, 3.05) is 5.32 Å². The van der Waals surface area contributed by atoms with Crippen LogP contribution >= 0.6 is 0 Å². The second kappa shape index (κ2) is 6.52. The van der Waals surface area contributed by atoms with Crippen LogP contribution in [0.5, 0.6) is 0 Å². The zero-order chi connectivity index (χ0) is 13.7. The van der Waals surface area contributed by atoms with Crippen LogP contribution in [0, 0.1) is 0 Å². The summed E-state index contributed by atoms with van der Waals surface area (Å²) in [6, 6.07) is 8.86. The first kappa shape index (κ1) is 13.8. The predicted octanol–water partition coefficient (Wildman–Crippen LogP) is 2.88. The average molecular weight is 267 g/mol. The fourth-order valence-electron chi connectivity index (χ4n) is 2.16. The van der Waals surface area contributed by atoms with Gasteiger partial charge in [-0.2, -0.15) is 0 Å². The van der Waals surface area contributed by atoms with Crippen LogP contribution in [-0.4, -0.2) is 29.6 Å². The lowest BCUT2D eigenvalue weighted by molar-refractivity contribution is 0.0481. The molecule has 1 amide bonds. The maximum absolute atomic E-state index is 13.8. The van der Waals surface area contributed by atoms with Crippen LogP contribution in [0.2, 0.25) is 0 Å². The minimum Gasteiger partial charge on any atom is -0.443 e. The second-order valence-corrected chi connectivity index (χ2v) is 4.76. The standard InChI is InChI=1S/C14H18FNO3/c15-12-8-6-11(17)7-9-13(12)19-14(18)16-10-4-2-1-3-5-10/h1-5,11-13,17H,6-9H2,(H,16,18)/t11-,12-,13-/m1/s1. The fraction of sp³-hybridized carbons (Fsp3) is 0.500. The molecule has 1 aliphatic rings. The van der Waals surface area contributed by atoms with E-state index < -0.39 is 24.5 Å². The SMILES string of the molecule is O=C(Nc1ccccc1)O[C@@H]1CC[C@H](O)CC[C@H]1F. The van der Waals surface area contributed by atoms with Crippen LogP contribution in [0.4, 0.5) is 14.9 Å². The van der Waals surface area contributed by atoms with Crippen molar-refractivity contribution >= 4 is 11.8 Å². The molecule has 19 heavy (non-hydrogen) atoms. The summed E-state index contributed by atoms with van der Waals surface area (Å²) in [6.07, 6.45) is -1.68. The molecule has 0 saturated heterocycles. The van der Waals surface area contributed by atoms with E-state index in [4.69, 9.17) is 4.74 Å². The quantitative estimate of drug-likeness (QED) is 0.810. The van der Waals surface area contributed by atoms with Crippen LogP contribution in [0.1, 0.15) is 25.7 Å². The van der Waals surface area contributed by atoms with E-state index in [1.165, 1.54) is 0 Å². The van der Waals surface area contributed by atoms with E-state index in [0.29, 0.717) is 24.9 Å². The third-order valence-electron chi connectivity index (χ3n) is 3.24. The molecule has 0 unspecified atom stereocenters. The van der Waals surface area contributed by atoms with E-state index in [0.717, 1.165) is 0 Å². The number of para-hydroxylation sites is 1. The highest BCUT2D eigenvalue weighted by Gasteiger charge is 2.29. The first-order valence-corrected chi connectivity index (χ1v) is 6.50. The van der Waals surface area contributed by atoms with Crippen LogP contribution in [0.25, 0.3) is 0 Å². The van der Waals surface area contributed by atoms with E-state index in [2.05, 4.69) is 5.32 Å². The van der Waals surface area contributed by atoms with Gasteiger partial charge in [-0.25, -0.2) is 9.18 Å². The van der Waals surface area contributed by atoms with Gasteiger partial charge >= 0.3 is 6.09 Å². The molecule has 5 heteroatoms. The minimum absolute atomic E-state index is 0.227. The lowest BCUT2D eigenvalue weighted by atomic mass is 10.1. The Kier molecular flexibility index (Phi) is 4.74. The van der Waals surface area contributed by atoms with Crippen molar-refractivity contribution in [1.29, 1.82) is 0 Å². The molecule has 2 N–H and O–H groups in total. The summed E-state index contributed by atoms with van der Waals surface area (Å²) in [6.45, 7) is 0.